The fraction of sp³-hybridized carbons (Fsp3) is 0.421. The van der Waals surface area contributed by atoms with Gasteiger partial charge in [-0.3, -0.25) is 4.79 Å². The Bertz CT molecular complexity index is 748. The molecule has 1 atom stereocenters. The summed E-state index contributed by atoms with van der Waals surface area (Å²) in [4.78, 5) is 21.5. The highest BCUT2D eigenvalue weighted by Gasteiger charge is 2.23. The number of aliphatic hydroxyl groups is 1. The number of carbonyl (C=O) groups excluding carboxylic acids is 1. The SMILES string of the molecule is CCNC(=NCC(C)(O)c1cccs1)NCCC(=O)Nc1ccc(C)cn1.I. The quantitative estimate of drug-likeness (QED) is 0.245. The Morgan fingerprint density at radius 2 is 2.11 bits per heavy atom. The number of rotatable bonds is 8. The number of nitrogens with one attached hydrogen (secondary N) is 3. The van der Waals surface area contributed by atoms with E-state index in [-0.39, 0.29) is 42.8 Å². The molecule has 154 valence electrons. The summed E-state index contributed by atoms with van der Waals surface area (Å²) >= 11 is 1.50. The van der Waals surface area contributed by atoms with Crippen molar-refractivity contribution in [2.24, 2.45) is 4.99 Å². The standard InChI is InChI=1S/C19H27N5O2S.HI/c1-4-20-18(23-13-19(3,26)15-6-5-11-27-15)21-10-9-17(25)24-16-8-7-14(2)12-22-16;/h5-8,11-12,26H,4,9-10,13H2,1-3H3,(H2,20,21,23)(H,22,24,25);1H. The molecule has 2 aromatic heterocycles. The minimum Gasteiger partial charge on any atom is -0.383 e. The van der Waals surface area contributed by atoms with Gasteiger partial charge < -0.3 is 21.1 Å². The number of carbonyl (C=O) groups is 1. The topological polar surface area (TPSA) is 98.6 Å². The summed E-state index contributed by atoms with van der Waals surface area (Å²) in [6.07, 6.45) is 1.99. The van der Waals surface area contributed by atoms with Crippen LogP contribution in [0.1, 0.15) is 30.7 Å². The van der Waals surface area contributed by atoms with Crippen LogP contribution in [0.5, 0.6) is 0 Å². The number of aryl methyl sites for hydroxylation is 1. The number of thiophene rings is 1. The molecule has 0 fully saturated rings. The molecule has 0 spiro atoms. The number of nitrogens with zero attached hydrogens (tertiary/aromatic N) is 2. The Balaban J connectivity index is 0.00000392. The number of halogens is 1. The number of amides is 1. The second kappa shape index (κ2) is 12.0. The minimum atomic E-state index is -1.02. The van der Waals surface area contributed by atoms with Crippen molar-refractivity contribution in [2.75, 3.05) is 25.0 Å². The predicted molar refractivity (Wildman–Crippen MR) is 126 cm³/mol. The van der Waals surface area contributed by atoms with Crippen LogP contribution in [0.4, 0.5) is 5.82 Å². The van der Waals surface area contributed by atoms with Crippen molar-refractivity contribution >= 4 is 53.0 Å². The van der Waals surface area contributed by atoms with E-state index in [1.807, 2.05) is 37.4 Å². The van der Waals surface area contributed by atoms with Crippen LogP contribution in [0.3, 0.4) is 0 Å². The number of hydrogen-bond acceptors (Lipinski definition) is 5. The molecule has 0 aliphatic rings. The second-order valence-electron chi connectivity index (χ2n) is 6.39. The molecule has 0 radical (unpaired) electrons. The summed E-state index contributed by atoms with van der Waals surface area (Å²) in [7, 11) is 0. The van der Waals surface area contributed by atoms with Crippen LogP contribution in [0.2, 0.25) is 0 Å². The molecule has 1 amide bonds. The average molecular weight is 517 g/mol. The zero-order valence-electron chi connectivity index (χ0n) is 16.4. The molecule has 2 aromatic rings. The van der Waals surface area contributed by atoms with E-state index in [1.54, 1.807) is 19.2 Å². The van der Waals surface area contributed by atoms with E-state index in [4.69, 9.17) is 0 Å². The normalized spacial score (nSPS) is 13.2. The molecule has 0 saturated heterocycles. The first kappa shape index (κ1) is 24.3. The van der Waals surface area contributed by atoms with Gasteiger partial charge >= 0.3 is 0 Å². The van der Waals surface area contributed by atoms with Crippen molar-refractivity contribution in [3.63, 3.8) is 0 Å². The smallest absolute Gasteiger partial charge is 0.227 e. The van der Waals surface area contributed by atoms with E-state index in [0.717, 1.165) is 10.4 Å². The zero-order chi connectivity index (χ0) is 19.7. The van der Waals surface area contributed by atoms with E-state index in [9.17, 15) is 9.90 Å². The maximum Gasteiger partial charge on any atom is 0.227 e. The highest BCUT2D eigenvalue weighted by molar-refractivity contribution is 14.0. The Kier molecular flexibility index (Phi) is 10.4. The highest BCUT2D eigenvalue weighted by Crippen LogP contribution is 2.25. The average Bonchev–Trinajstić information content (AvgIpc) is 3.17. The summed E-state index contributed by atoms with van der Waals surface area (Å²) in [5, 5.41) is 21.5. The van der Waals surface area contributed by atoms with E-state index in [0.29, 0.717) is 24.9 Å². The predicted octanol–water partition coefficient (Wildman–Crippen LogP) is 2.86. The molecule has 2 rings (SSSR count). The van der Waals surface area contributed by atoms with Gasteiger partial charge in [-0.1, -0.05) is 12.1 Å². The van der Waals surface area contributed by atoms with Gasteiger partial charge in [-0.25, -0.2) is 9.98 Å². The molecule has 0 aliphatic carbocycles. The molecule has 2 heterocycles. The monoisotopic (exact) mass is 517 g/mol. The van der Waals surface area contributed by atoms with E-state index in [1.165, 1.54) is 11.3 Å². The van der Waals surface area contributed by atoms with Gasteiger partial charge in [-0.2, -0.15) is 0 Å². The summed E-state index contributed by atoms with van der Waals surface area (Å²) in [6, 6.07) is 7.47. The van der Waals surface area contributed by atoms with Crippen LogP contribution < -0.4 is 16.0 Å². The van der Waals surface area contributed by atoms with Gasteiger partial charge in [-0.15, -0.1) is 35.3 Å². The molecular formula is C19H28IN5O2S. The fourth-order valence-corrected chi connectivity index (χ4v) is 3.06. The first-order valence-corrected chi connectivity index (χ1v) is 9.79. The molecule has 1 unspecified atom stereocenters. The van der Waals surface area contributed by atoms with Crippen LogP contribution >= 0.6 is 35.3 Å². The Labute approximate surface area is 187 Å². The molecule has 4 N–H and O–H groups in total. The van der Waals surface area contributed by atoms with Crippen LogP contribution in [0.15, 0.2) is 40.8 Å². The minimum absolute atomic E-state index is 0. The van der Waals surface area contributed by atoms with E-state index >= 15 is 0 Å². The maximum atomic E-state index is 12.0. The lowest BCUT2D eigenvalue weighted by molar-refractivity contribution is -0.116. The highest BCUT2D eigenvalue weighted by atomic mass is 127. The van der Waals surface area contributed by atoms with Crippen molar-refractivity contribution in [2.45, 2.75) is 32.8 Å². The molecule has 0 aliphatic heterocycles. The Morgan fingerprint density at radius 1 is 1.32 bits per heavy atom. The first-order valence-electron chi connectivity index (χ1n) is 8.92. The van der Waals surface area contributed by atoms with Crippen molar-refractivity contribution in [1.82, 2.24) is 15.6 Å². The van der Waals surface area contributed by atoms with Crippen molar-refractivity contribution in [1.29, 1.82) is 0 Å². The lowest BCUT2D eigenvalue weighted by Crippen LogP contribution is -2.40. The van der Waals surface area contributed by atoms with Gasteiger partial charge in [-0.05, 0) is 43.8 Å². The van der Waals surface area contributed by atoms with Gasteiger partial charge in [0.1, 0.15) is 11.4 Å². The zero-order valence-corrected chi connectivity index (χ0v) is 19.5. The van der Waals surface area contributed by atoms with Gasteiger partial charge in [0, 0.05) is 30.6 Å². The molecule has 0 saturated carbocycles. The van der Waals surface area contributed by atoms with Gasteiger partial charge in [0.25, 0.3) is 0 Å². The lowest BCUT2D eigenvalue weighted by Gasteiger charge is -2.20. The molecule has 0 aromatic carbocycles. The van der Waals surface area contributed by atoms with Crippen molar-refractivity contribution in [3.05, 3.63) is 46.3 Å². The number of guanidine groups is 1. The third kappa shape index (κ3) is 8.11. The van der Waals surface area contributed by atoms with Crippen molar-refractivity contribution in [3.8, 4) is 0 Å². The lowest BCUT2D eigenvalue weighted by atomic mass is 10.1. The Hall–Kier alpha value is -1.72. The fourth-order valence-electron chi connectivity index (χ4n) is 2.28. The molecular weight excluding hydrogens is 489 g/mol. The number of hydrogen-bond donors (Lipinski definition) is 4. The second-order valence-corrected chi connectivity index (χ2v) is 7.34. The number of pyridine rings is 1. The number of anilines is 1. The summed E-state index contributed by atoms with van der Waals surface area (Å²) < 4.78 is 0. The molecule has 0 bridgehead atoms. The molecule has 28 heavy (non-hydrogen) atoms. The van der Waals surface area contributed by atoms with E-state index < -0.39 is 5.60 Å². The van der Waals surface area contributed by atoms with Crippen LogP contribution in [-0.2, 0) is 10.4 Å². The third-order valence-corrected chi connectivity index (χ3v) is 4.89. The van der Waals surface area contributed by atoms with Gasteiger partial charge in [0.15, 0.2) is 5.96 Å². The largest absolute Gasteiger partial charge is 0.383 e. The van der Waals surface area contributed by atoms with Crippen LogP contribution in [0, 0.1) is 6.92 Å². The third-order valence-electron chi connectivity index (χ3n) is 3.76. The number of aromatic nitrogens is 1. The van der Waals surface area contributed by atoms with Gasteiger partial charge in [0.2, 0.25) is 5.91 Å². The van der Waals surface area contributed by atoms with Crippen LogP contribution in [-0.4, -0.2) is 41.6 Å². The summed E-state index contributed by atoms with van der Waals surface area (Å²) in [5.74, 6) is 0.981. The van der Waals surface area contributed by atoms with Crippen molar-refractivity contribution < 1.29 is 9.90 Å². The summed E-state index contributed by atoms with van der Waals surface area (Å²) in [6.45, 7) is 6.98. The first-order chi connectivity index (χ1) is 12.9. The van der Waals surface area contributed by atoms with Crippen LogP contribution in [0.25, 0.3) is 0 Å². The summed E-state index contributed by atoms with van der Waals surface area (Å²) in [5.41, 5.74) is 0.0185. The van der Waals surface area contributed by atoms with Gasteiger partial charge in [0.05, 0.1) is 6.54 Å². The maximum absolute atomic E-state index is 12.0. The number of aliphatic imine (C=N–C) groups is 1. The molecule has 7 nitrogen and oxygen atoms in total. The Morgan fingerprint density at radius 3 is 2.71 bits per heavy atom. The molecule has 9 heteroatoms. The van der Waals surface area contributed by atoms with E-state index in [2.05, 4.69) is 25.9 Å².